The molecule has 3 N–H and O–H groups in total. The molecule has 1 saturated heterocycles. The summed E-state index contributed by atoms with van der Waals surface area (Å²) in [6.45, 7) is 0.330. The minimum Gasteiger partial charge on any atom is -0.394 e. The molecule has 4 heterocycles. The van der Waals surface area contributed by atoms with Gasteiger partial charge in [-0.25, -0.2) is 23.8 Å². The number of nitrogens with two attached hydrogens (primary N) is 1. The number of aliphatic hydroxyl groups excluding tert-OH is 1. The Hall–Kier alpha value is -5.34. The monoisotopic (exact) mass is 588 g/mol. The van der Waals surface area contributed by atoms with E-state index >= 15 is 0 Å². The number of rotatable bonds is 6. The number of amides is 2. The molecule has 0 saturated carbocycles. The van der Waals surface area contributed by atoms with Crippen molar-refractivity contribution in [1.82, 2.24) is 14.8 Å². The number of carbonyl (C=O) groups excluding carboxylic acids is 3. The third-order valence-electron chi connectivity index (χ3n) is 6.38. The molecule has 0 aliphatic carbocycles. The minimum absolute atomic E-state index is 0.0358. The molecule has 0 atom stereocenters. The van der Waals surface area contributed by atoms with Gasteiger partial charge in [0.1, 0.15) is 18.1 Å². The molecular weight excluding hydrogens is 567 g/mol. The fourth-order valence-electron chi connectivity index (χ4n) is 4.46. The van der Waals surface area contributed by atoms with Gasteiger partial charge in [0.25, 0.3) is 0 Å². The van der Waals surface area contributed by atoms with Gasteiger partial charge in [0.05, 0.1) is 30.7 Å². The Morgan fingerprint density at radius 1 is 0.952 bits per heavy atom. The second-order valence-electron chi connectivity index (χ2n) is 9.13. The Labute approximate surface area is 240 Å². The summed E-state index contributed by atoms with van der Waals surface area (Å²) < 4.78 is 16.4. The molecule has 1 aliphatic heterocycles. The molecule has 5 aromatic rings. The van der Waals surface area contributed by atoms with Crippen molar-refractivity contribution in [3.63, 3.8) is 0 Å². The van der Waals surface area contributed by atoms with Crippen LogP contribution in [0.15, 0.2) is 72.5 Å². The number of anilines is 3. The lowest BCUT2D eigenvalue weighted by molar-refractivity contribution is -0.157. The average molecular weight is 589 g/mol. The number of halogens is 1. The van der Waals surface area contributed by atoms with Gasteiger partial charge in [-0.3, -0.25) is 4.68 Å². The van der Waals surface area contributed by atoms with E-state index in [1.807, 2.05) is 11.6 Å². The molecule has 0 unspecified atom stereocenters. The molecule has 14 heteroatoms. The number of nitrogen functional groups attached to an aromatic ring is 1. The molecule has 3 aromatic heterocycles. The Bertz CT molecular complexity index is 1840. The van der Waals surface area contributed by atoms with Crippen LogP contribution in [-0.4, -0.2) is 44.4 Å². The molecule has 212 valence electrons. The van der Waals surface area contributed by atoms with Crippen molar-refractivity contribution < 1.29 is 33.6 Å². The van der Waals surface area contributed by atoms with E-state index in [4.69, 9.17) is 15.4 Å². The van der Waals surface area contributed by atoms with Crippen molar-refractivity contribution in [2.45, 2.75) is 13.0 Å². The molecule has 2 amide bonds. The lowest BCUT2D eigenvalue weighted by atomic mass is 10.0. The van der Waals surface area contributed by atoms with E-state index in [0.717, 1.165) is 38.4 Å². The molecule has 1 aliphatic rings. The highest BCUT2D eigenvalue weighted by atomic mass is 32.1. The molecular formula is C28H21FN6O6S. The van der Waals surface area contributed by atoms with Crippen LogP contribution in [0.3, 0.4) is 0 Å². The number of aromatic nitrogens is 3. The van der Waals surface area contributed by atoms with Crippen LogP contribution in [0.1, 0.15) is 6.42 Å². The van der Waals surface area contributed by atoms with Crippen molar-refractivity contribution in [2.75, 3.05) is 22.5 Å². The molecule has 42 heavy (non-hydrogen) atoms. The number of carbonyl (C=O) groups is 3. The van der Waals surface area contributed by atoms with Gasteiger partial charge < -0.3 is 20.5 Å². The summed E-state index contributed by atoms with van der Waals surface area (Å²) in [7, 11) is 0. The summed E-state index contributed by atoms with van der Waals surface area (Å²) in [4.78, 5) is 52.4. The number of aliphatic hydroxyl groups is 1. The summed E-state index contributed by atoms with van der Waals surface area (Å²) in [5.74, 6) is -2.38. The number of benzene rings is 2. The Kier molecular flexibility index (Phi) is 6.98. The van der Waals surface area contributed by atoms with Crippen molar-refractivity contribution in [1.29, 1.82) is 0 Å². The molecule has 0 radical (unpaired) electrons. The van der Waals surface area contributed by atoms with E-state index in [9.17, 15) is 23.9 Å². The first-order valence-electron chi connectivity index (χ1n) is 12.5. The zero-order valence-corrected chi connectivity index (χ0v) is 22.5. The third-order valence-corrected chi connectivity index (χ3v) is 7.39. The number of fused-ring (bicyclic) bond motifs is 1. The number of hydrogen-bond donors (Lipinski definition) is 2. The SMILES string of the molecule is Nc1ncc(-c2cnn(CCO)c2)c2scc(-c3ccc(N4OC(=O)CC(=O)ON(c5cccc(F)c5)C4=O)cc3)c12. The van der Waals surface area contributed by atoms with Gasteiger partial charge in [0.15, 0.2) is 0 Å². The minimum atomic E-state index is -1.05. The molecule has 0 bridgehead atoms. The molecule has 2 aromatic carbocycles. The van der Waals surface area contributed by atoms with Crippen LogP contribution in [0.5, 0.6) is 0 Å². The van der Waals surface area contributed by atoms with E-state index in [1.165, 1.54) is 29.5 Å². The Balaban J connectivity index is 1.34. The zero-order valence-electron chi connectivity index (χ0n) is 21.6. The van der Waals surface area contributed by atoms with Crippen molar-refractivity contribution in [3.8, 4) is 22.3 Å². The molecule has 1 fully saturated rings. The van der Waals surface area contributed by atoms with Gasteiger partial charge in [-0.15, -0.1) is 21.5 Å². The number of nitrogens with zero attached hydrogens (tertiary/aromatic N) is 5. The van der Waals surface area contributed by atoms with Crippen molar-refractivity contribution >= 4 is 56.6 Å². The van der Waals surface area contributed by atoms with Crippen LogP contribution in [0.2, 0.25) is 0 Å². The van der Waals surface area contributed by atoms with E-state index in [1.54, 1.807) is 41.3 Å². The van der Waals surface area contributed by atoms with Gasteiger partial charge in [0, 0.05) is 45.2 Å². The maximum Gasteiger partial charge on any atom is 0.396 e. The Morgan fingerprint density at radius 3 is 2.40 bits per heavy atom. The van der Waals surface area contributed by atoms with Crippen molar-refractivity contribution in [2.24, 2.45) is 0 Å². The normalized spacial score (nSPS) is 14.1. The van der Waals surface area contributed by atoms with Crippen LogP contribution in [0, 0.1) is 5.82 Å². The van der Waals surface area contributed by atoms with Crippen LogP contribution in [0.25, 0.3) is 32.3 Å². The lowest BCUT2D eigenvalue weighted by Gasteiger charge is -2.29. The maximum atomic E-state index is 13.9. The fraction of sp³-hybridized carbons (Fsp3) is 0.107. The first-order valence-corrected chi connectivity index (χ1v) is 13.4. The number of thiophene rings is 1. The zero-order chi connectivity index (χ0) is 29.4. The topological polar surface area (TPSA) is 153 Å². The maximum absolute atomic E-state index is 13.9. The van der Waals surface area contributed by atoms with Gasteiger partial charge >= 0.3 is 18.0 Å². The van der Waals surface area contributed by atoms with E-state index in [2.05, 4.69) is 10.1 Å². The quantitative estimate of drug-likeness (QED) is 0.277. The van der Waals surface area contributed by atoms with E-state index in [-0.39, 0.29) is 18.0 Å². The van der Waals surface area contributed by atoms with Crippen LogP contribution >= 0.6 is 11.3 Å². The first-order chi connectivity index (χ1) is 20.3. The second kappa shape index (κ2) is 10.9. The highest BCUT2D eigenvalue weighted by Crippen LogP contribution is 2.42. The number of hydroxylamine groups is 2. The van der Waals surface area contributed by atoms with E-state index in [0.29, 0.717) is 22.5 Å². The van der Waals surface area contributed by atoms with Gasteiger partial charge in [-0.2, -0.15) is 5.10 Å². The van der Waals surface area contributed by atoms with Crippen LogP contribution < -0.4 is 15.9 Å². The summed E-state index contributed by atoms with van der Waals surface area (Å²) in [5.41, 5.74) is 9.58. The number of hydrogen-bond acceptors (Lipinski definition) is 10. The largest absolute Gasteiger partial charge is 0.396 e. The van der Waals surface area contributed by atoms with Gasteiger partial charge in [0.2, 0.25) is 0 Å². The Morgan fingerprint density at radius 2 is 1.69 bits per heavy atom. The fourth-order valence-corrected chi connectivity index (χ4v) is 5.58. The molecule has 6 rings (SSSR count). The number of urea groups is 1. The predicted molar refractivity (Wildman–Crippen MR) is 151 cm³/mol. The van der Waals surface area contributed by atoms with Crippen molar-refractivity contribution in [3.05, 3.63) is 78.3 Å². The predicted octanol–water partition coefficient (Wildman–Crippen LogP) is 4.29. The highest BCUT2D eigenvalue weighted by molar-refractivity contribution is 7.18. The third kappa shape index (κ3) is 5.00. The van der Waals surface area contributed by atoms with E-state index < -0.39 is 30.2 Å². The van der Waals surface area contributed by atoms with Crippen LogP contribution in [0.4, 0.5) is 26.4 Å². The summed E-state index contributed by atoms with van der Waals surface area (Å²) in [6.07, 6.45) is 4.44. The first kappa shape index (κ1) is 26.9. The standard InChI is InChI=1S/C28H21FN6O6S/c29-18-2-1-3-20(10-18)35-28(39)34(40-23(37)11-24(38)41-35)19-6-4-16(5-7-19)22-15-42-26-21(13-31-27(30)25(22)26)17-12-32-33(14-17)8-9-36/h1-7,10,12-15,36H,8-9,11H2,(H2,30,31). The molecule has 12 nitrogen and oxygen atoms in total. The number of pyridine rings is 1. The van der Waals surface area contributed by atoms with Crippen LogP contribution in [-0.2, 0) is 25.8 Å². The van der Waals surface area contributed by atoms with Gasteiger partial charge in [-0.05, 0) is 35.2 Å². The smallest absolute Gasteiger partial charge is 0.394 e. The van der Waals surface area contributed by atoms with Gasteiger partial charge in [-0.1, -0.05) is 18.2 Å². The summed E-state index contributed by atoms with van der Waals surface area (Å²) in [6, 6.07) is 10.3. The highest BCUT2D eigenvalue weighted by Gasteiger charge is 2.35. The average Bonchev–Trinajstić information content (AvgIpc) is 3.63. The molecule has 0 spiro atoms. The summed E-state index contributed by atoms with van der Waals surface area (Å²) >= 11 is 1.48. The lowest BCUT2D eigenvalue weighted by Crippen LogP contribution is -2.48. The summed E-state index contributed by atoms with van der Waals surface area (Å²) in [5, 5.41) is 17.4. The second-order valence-corrected chi connectivity index (χ2v) is 10.0.